The monoisotopic (exact) mass is 340 g/mol. The number of hydrogen-bond donors (Lipinski definition) is 2. The highest BCUT2D eigenvalue weighted by Crippen LogP contribution is 2.13. The van der Waals surface area contributed by atoms with E-state index in [9.17, 15) is 9.59 Å². The van der Waals surface area contributed by atoms with E-state index < -0.39 is 11.5 Å². The second-order valence-corrected chi connectivity index (χ2v) is 6.71. The van der Waals surface area contributed by atoms with Crippen molar-refractivity contribution in [2.45, 2.75) is 40.3 Å². The molecular formula is C15H21BrN2O2. The summed E-state index contributed by atoms with van der Waals surface area (Å²) in [5, 5.41) is 5.51. The summed E-state index contributed by atoms with van der Waals surface area (Å²) in [6, 6.07) is 7.17. The van der Waals surface area contributed by atoms with Gasteiger partial charge in [-0.3, -0.25) is 9.59 Å². The van der Waals surface area contributed by atoms with Crippen LogP contribution in [-0.2, 0) is 16.1 Å². The van der Waals surface area contributed by atoms with Crippen molar-refractivity contribution < 1.29 is 9.59 Å². The van der Waals surface area contributed by atoms with E-state index in [-0.39, 0.29) is 11.8 Å². The molecule has 0 aromatic heterocycles. The highest BCUT2D eigenvalue weighted by atomic mass is 79.9. The van der Waals surface area contributed by atoms with Crippen LogP contribution in [0.3, 0.4) is 0 Å². The highest BCUT2D eigenvalue weighted by molar-refractivity contribution is 9.10. The average Bonchev–Trinajstić information content (AvgIpc) is 2.36. The van der Waals surface area contributed by atoms with Crippen LogP contribution in [0.2, 0.25) is 0 Å². The molecule has 0 radical (unpaired) electrons. The number of rotatable bonds is 4. The van der Waals surface area contributed by atoms with Crippen molar-refractivity contribution in [3.05, 3.63) is 34.3 Å². The van der Waals surface area contributed by atoms with Crippen LogP contribution in [0.25, 0.3) is 0 Å². The van der Waals surface area contributed by atoms with Gasteiger partial charge in [-0.05, 0) is 24.6 Å². The Hall–Kier alpha value is -1.36. The number of benzene rings is 1. The molecule has 4 nitrogen and oxygen atoms in total. The van der Waals surface area contributed by atoms with Crippen molar-refractivity contribution in [2.24, 2.45) is 5.41 Å². The van der Waals surface area contributed by atoms with E-state index in [0.29, 0.717) is 6.54 Å². The summed E-state index contributed by atoms with van der Waals surface area (Å²) in [5.41, 5.74) is 0.510. The summed E-state index contributed by atoms with van der Waals surface area (Å²) in [4.78, 5) is 23.7. The average molecular weight is 341 g/mol. The van der Waals surface area contributed by atoms with Crippen molar-refractivity contribution in [1.82, 2.24) is 10.6 Å². The Labute approximate surface area is 128 Å². The van der Waals surface area contributed by atoms with Crippen molar-refractivity contribution in [3.63, 3.8) is 0 Å². The van der Waals surface area contributed by atoms with E-state index in [1.165, 1.54) is 0 Å². The zero-order valence-electron chi connectivity index (χ0n) is 12.3. The number of carbonyl (C=O) groups is 2. The third-order valence-corrected chi connectivity index (χ3v) is 3.33. The zero-order chi connectivity index (χ0) is 15.3. The lowest BCUT2D eigenvalue weighted by Crippen LogP contribution is -2.48. The van der Waals surface area contributed by atoms with Crippen LogP contribution in [-0.4, -0.2) is 17.9 Å². The Morgan fingerprint density at radius 1 is 1.20 bits per heavy atom. The van der Waals surface area contributed by atoms with Gasteiger partial charge >= 0.3 is 0 Å². The van der Waals surface area contributed by atoms with E-state index in [1.54, 1.807) is 6.92 Å². The molecule has 1 atom stereocenters. The number of nitrogens with one attached hydrogen (secondary N) is 2. The minimum atomic E-state index is -0.544. The van der Waals surface area contributed by atoms with Crippen LogP contribution in [0.15, 0.2) is 28.7 Å². The minimum absolute atomic E-state index is 0.135. The Bertz CT molecular complexity index is 478. The Morgan fingerprint density at radius 2 is 1.75 bits per heavy atom. The quantitative estimate of drug-likeness (QED) is 0.885. The first-order chi connectivity index (χ1) is 9.20. The highest BCUT2D eigenvalue weighted by Gasteiger charge is 2.24. The maximum atomic E-state index is 11.9. The SMILES string of the molecule is CC(NC(=O)C(C)(C)C)C(=O)NCc1ccc(Br)cc1. The molecule has 20 heavy (non-hydrogen) atoms. The largest absolute Gasteiger partial charge is 0.350 e. The van der Waals surface area contributed by atoms with Crippen LogP contribution in [0.5, 0.6) is 0 Å². The molecule has 1 rings (SSSR count). The van der Waals surface area contributed by atoms with Crippen LogP contribution in [0.1, 0.15) is 33.3 Å². The van der Waals surface area contributed by atoms with E-state index >= 15 is 0 Å². The predicted molar refractivity (Wildman–Crippen MR) is 83.0 cm³/mol. The Kier molecular flexibility index (Phi) is 5.74. The minimum Gasteiger partial charge on any atom is -0.350 e. The molecule has 1 aromatic rings. The second kappa shape index (κ2) is 6.88. The van der Waals surface area contributed by atoms with E-state index in [4.69, 9.17) is 0 Å². The fourth-order valence-electron chi connectivity index (χ4n) is 1.42. The summed E-state index contributed by atoms with van der Waals surface area (Å²) < 4.78 is 0.999. The molecule has 0 bridgehead atoms. The molecule has 0 heterocycles. The van der Waals surface area contributed by atoms with E-state index in [0.717, 1.165) is 10.0 Å². The first-order valence-corrected chi connectivity index (χ1v) is 7.32. The van der Waals surface area contributed by atoms with Crippen molar-refractivity contribution in [3.8, 4) is 0 Å². The van der Waals surface area contributed by atoms with Gasteiger partial charge in [0.2, 0.25) is 11.8 Å². The van der Waals surface area contributed by atoms with Gasteiger partial charge in [0.05, 0.1) is 0 Å². The Balaban J connectivity index is 2.46. The van der Waals surface area contributed by atoms with Gasteiger partial charge in [0.15, 0.2) is 0 Å². The molecule has 0 saturated carbocycles. The fourth-order valence-corrected chi connectivity index (χ4v) is 1.69. The van der Waals surface area contributed by atoms with E-state index in [2.05, 4.69) is 26.6 Å². The van der Waals surface area contributed by atoms with E-state index in [1.807, 2.05) is 45.0 Å². The lowest BCUT2D eigenvalue weighted by Gasteiger charge is -2.21. The standard InChI is InChI=1S/C15H21BrN2O2/c1-10(18-14(20)15(2,3)4)13(19)17-9-11-5-7-12(16)8-6-11/h5-8,10H,9H2,1-4H3,(H,17,19)(H,18,20). The molecule has 2 N–H and O–H groups in total. The summed E-state index contributed by atoms with van der Waals surface area (Å²) in [7, 11) is 0. The van der Waals surface area contributed by atoms with Crippen LogP contribution >= 0.6 is 15.9 Å². The topological polar surface area (TPSA) is 58.2 Å². The molecule has 0 aliphatic carbocycles. The lowest BCUT2D eigenvalue weighted by molar-refractivity contribution is -0.133. The number of halogens is 1. The molecule has 0 spiro atoms. The van der Waals surface area contributed by atoms with Crippen LogP contribution < -0.4 is 10.6 Å². The molecule has 0 fully saturated rings. The normalized spacial score (nSPS) is 12.7. The Morgan fingerprint density at radius 3 is 2.25 bits per heavy atom. The maximum Gasteiger partial charge on any atom is 0.242 e. The lowest BCUT2D eigenvalue weighted by atomic mass is 9.95. The smallest absolute Gasteiger partial charge is 0.242 e. The van der Waals surface area contributed by atoms with Crippen molar-refractivity contribution >= 4 is 27.7 Å². The first-order valence-electron chi connectivity index (χ1n) is 6.53. The van der Waals surface area contributed by atoms with Gasteiger partial charge in [-0.25, -0.2) is 0 Å². The van der Waals surface area contributed by atoms with Gasteiger partial charge < -0.3 is 10.6 Å². The fraction of sp³-hybridized carbons (Fsp3) is 0.467. The van der Waals surface area contributed by atoms with Gasteiger partial charge in [-0.1, -0.05) is 48.8 Å². The van der Waals surface area contributed by atoms with Crippen LogP contribution in [0.4, 0.5) is 0 Å². The van der Waals surface area contributed by atoms with Gasteiger partial charge in [-0.2, -0.15) is 0 Å². The first kappa shape index (κ1) is 16.7. The zero-order valence-corrected chi connectivity index (χ0v) is 13.9. The van der Waals surface area contributed by atoms with Crippen LogP contribution in [0, 0.1) is 5.41 Å². The molecule has 0 aliphatic heterocycles. The molecule has 110 valence electrons. The third-order valence-electron chi connectivity index (χ3n) is 2.80. The van der Waals surface area contributed by atoms with Crippen molar-refractivity contribution in [2.75, 3.05) is 0 Å². The molecular weight excluding hydrogens is 320 g/mol. The molecule has 1 aromatic carbocycles. The molecule has 2 amide bonds. The number of carbonyl (C=O) groups excluding carboxylic acids is 2. The van der Waals surface area contributed by atoms with Gasteiger partial charge in [0.1, 0.15) is 6.04 Å². The second-order valence-electron chi connectivity index (χ2n) is 5.79. The summed E-state index contributed by atoms with van der Waals surface area (Å²) >= 11 is 3.36. The van der Waals surface area contributed by atoms with Gasteiger partial charge in [-0.15, -0.1) is 0 Å². The maximum absolute atomic E-state index is 11.9. The number of hydrogen-bond acceptors (Lipinski definition) is 2. The summed E-state index contributed by atoms with van der Waals surface area (Å²) in [6.45, 7) is 7.57. The van der Waals surface area contributed by atoms with Crippen molar-refractivity contribution in [1.29, 1.82) is 0 Å². The summed E-state index contributed by atoms with van der Waals surface area (Å²) in [6.07, 6.45) is 0. The van der Waals surface area contributed by atoms with Gasteiger partial charge in [0.25, 0.3) is 0 Å². The molecule has 5 heteroatoms. The third kappa shape index (κ3) is 5.33. The molecule has 1 unspecified atom stereocenters. The summed E-state index contributed by atoms with van der Waals surface area (Å²) in [5.74, 6) is -0.325. The predicted octanol–water partition coefficient (Wildman–Crippen LogP) is 2.62. The van der Waals surface area contributed by atoms with Gasteiger partial charge in [0, 0.05) is 16.4 Å². The molecule has 0 aliphatic rings. The molecule has 0 saturated heterocycles. The number of amides is 2.